The molecule has 0 spiro atoms. The SMILES string of the molecule is O=C(NCCN1CCN(c2ccccc2Cl)CC1)Nc1ccccc1. The molecule has 0 aliphatic carbocycles. The second-order valence-electron chi connectivity index (χ2n) is 6.03. The minimum atomic E-state index is -0.166. The van der Waals surface area contributed by atoms with Gasteiger partial charge in [-0.05, 0) is 24.3 Å². The lowest BCUT2D eigenvalue weighted by atomic mass is 10.2. The zero-order valence-electron chi connectivity index (χ0n) is 14.1. The Morgan fingerprint density at radius 3 is 2.36 bits per heavy atom. The van der Waals surface area contributed by atoms with Gasteiger partial charge in [-0.25, -0.2) is 4.79 Å². The van der Waals surface area contributed by atoms with E-state index in [1.54, 1.807) is 0 Å². The standard InChI is InChI=1S/C19H23ClN4O/c20-17-8-4-5-9-18(17)24-14-12-23(13-15-24)11-10-21-19(25)22-16-6-2-1-3-7-16/h1-9H,10-15H2,(H2,21,22,25). The van der Waals surface area contributed by atoms with E-state index < -0.39 is 0 Å². The molecule has 2 amide bonds. The summed E-state index contributed by atoms with van der Waals surface area (Å²) < 4.78 is 0. The van der Waals surface area contributed by atoms with Gasteiger partial charge in [0.1, 0.15) is 0 Å². The topological polar surface area (TPSA) is 47.6 Å². The normalized spacial score (nSPS) is 15.0. The highest BCUT2D eigenvalue weighted by Gasteiger charge is 2.18. The van der Waals surface area contributed by atoms with E-state index in [0.717, 1.165) is 49.1 Å². The lowest BCUT2D eigenvalue weighted by Crippen LogP contribution is -2.48. The lowest BCUT2D eigenvalue weighted by molar-refractivity contribution is 0.240. The third-order valence-corrected chi connectivity index (χ3v) is 4.63. The Balaban J connectivity index is 1.37. The van der Waals surface area contributed by atoms with Gasteiger partial charge in [0.15, 0.2) is 0 Å². The van der Waals surface area contributed by atoms with Crippen molar-refractivity contribution in [2.75, 3.05) is 49.5 Å². The Kier molecular flexibility index (Phi) is 6.14. The number of nitrogens with one attached hydrogen (secondary N) is 2. The van der Waals surface area contributed by atoms with Gasteiger partial charge in [-0.1, -0.05) is 41.9 Å². The van der Waals surface area contributed by atoms with Crippen molar-refractivity contribution in [3.63, 3.8) is 0 Å². The summed E-state index contributed by atoms with van der Waals surface area (Å²) in [7, 11) is 0. The van der Waals surface area contributed by atoms with Crippen molar-refractivity contribution in [2.45, 2.75) is 0 Å². The number of hydrogen-bond donors (Lipinski definition) is 2. The molecule has 0 bridgehead atoms. The highest BCUT2D eigenvalue weighted by atomic mass is 35.5. The molecule has 2 aromatic carbocycles. The Bertz CT molecular complexity index is 687. The maximum absolute atomic E-state index is 11.9. The molecule has 0 aromatic heterocycles. The largest absolute Gasteiger partial charge is 0.368 e. The van der Waals surface area contributed by atoms with E-state index in [4.69, 9.17) is 11.6 Å². The molecule has 1 aliphatic heterocycles. The van der Waals surface area contributed by atoms with Crippen LogP contribution in [0.5, 0.6) is 0 Å². The Morgan fingerprint density at radius 2 is 1.64 bits per heavy atom. The Morgan fingerprint density at radius 1 is 0.960 bits per heavy atom. The van der Waals surface area contributed by atoms with E-state index in [0.29, 0.717) is 6.54 Å². The lowest BCUT2D eigenvalue weighted by Gasteiger charge is -2.36. The van der Waals surface area contributed by atoms with Gasteiger partial charge < -0.3 is 15.5 Å². The maximum atomic E-state index is 11.9. The first-order valence-corrected chi connectivity index (χ1v) is 8.92. The number of carbonyl (C=O) groups excluding carboxylic acids is 1. The second kappa shape index (κ2) is 8.74. The van der Waals surface area contributed by atoms with Crippen molar-refractivity contribution in [3.05, 3.63) is 59.6 Å². The minimum absolute atomic E-state index is 0.166. The highest BCUT2D eigenvalue weighted by molar-refractivity contribution is 6.33. The average molecular weight is 359 g/mol. The maximum Gasteiger partial charge on any atom is 0.319 e. The summed E-state index contributed by atoms with van der Waals surface area (Å²) in [4.78, 5) is 16.5. The molecule has 132 valence electrons. The summed E-state index contributed by atoms with van der Waals surface area (Å²) in [6, 6.07) is 17.2. The first-order chi connectivity index (χ1) is 12.2. The predicted molar refractivity (Wildman–Crippen MR) is 104 cm³/mol. The van der Waals surface area contributed by atoms with Crippen LogP contribution in [0.1, 0.15) is 0 Å². The van der Waals surface area contributed by atoms with Crippen LogP contribution in [0.25, 0.3) is 0 Å². The molecule has 5 nitrogen and oxygen atoms in total. The van der Waals surface area contributed by atoms with Crippen molar-refractivity contribution in [1.29, 1.82) is 0 Å². The summed E-state index contributed by atoms with van der Waals surface area (Å²) in [5.74, 6) is 0. The Hall–Kier alpha value is -2.24. The van der Waals surface area contributed by atoms with Crippen LogP contribution in [-0.4, -0.2) is 50.2 Å². The molecule has 1 saturated heterocycles. The molecular formula is C19H23ClN4O. The van der Waals surface area contributed by atoms with Crippen LogP contribution in [0.2, 0.25) is 5.02 Å². The van der Waals surface area contributed by atoms with Gasteiger partial charge in [0.2, 0.25) is 0 Å². The zero-order valence-corrected chi connectivity index (χ0v) is 14.9. The zero-order chi connectivity index (χ0) is 17.5. The van der Waals surface area contributed by atoms with Gasteiger partial charge in [-0.3, -0.25) is 4.90 Å². The van der Waals surface area contributed by atoms with E-state index in [2.05, 4.69) is 26.5 Å². The number of benzene rings is 2. The van der Waals surface area contributed by atoms with Crippen molar-refractivity contribution in [2.24, 2.45) is 0 Å². The Labute approximate surface area is 153 Å². The van der Waals surface area contributed by atoms with Gasteiger partial charge >= 0.3 is 6.03 Å². The smallest absolute Gasteiger partial charge is 0.319 e. The van der Waals surface area contributed by atoms with Gasteiger partial charge in [0, 0.05) is 45.0 Å². The third-order valence-electron chi connectivity index (χ3n) is 4.31. The first kappa shape index (κ1) is 17.6. The molecule has 1 fully saturated rings. The van der Waals surface area contributed by atoms with Crippen LogP contribution < -0.4 is 15.5 Å². The van der Waals surface area contributed by atoms with Crippen LogP contribution >= 0.6 is 11.6 Å². The van der Waals surface area contributed by atoms with E-state index in [1.165, 1.54) is 0 Å². The number of rotatable bonds is 5. The second-order valence-corrected chi connectivity index (χ2v) is 6.43. The van der Waals surface area contributed by atoms with Crippen LogP contribution in [0.3, 0.4) is 0 Å². The number of hydrogen-bond acceptors (Lipinski definition) is 3. The molecule has 1 heterocycles. The van der Waals surface area contributed by atoms with E-state index in [9.17, 15) is 4.79 Å². The molecule has 1 aliphatic rings. The molecule has 2 N–H and O–H groups in total. The molecule has 0 unspecified atom stereocenters. The fourth-order valence-corrected chi connectivity index (χ4v) is 3.20. The molecule has 0 atom stereocenters. The molecule has 6 heteroatoms. The van der Waals surface area contributed by atoms with Crippen molar-refractivity contribution in [1.82, 2.24) is 10.2 Å². The first-order valence-electron chi connectivity index (χ1n) is 8.54. The van der Waals surface area contributed by atoms with Crippen molar-refractivity contribution >= 4 is 29.0 Å². The van der Waals surface area contributed by atoms with E-state index in [1.807, 2.05) is 48.5 Å². The van der Waals surface area contributed by atoms with E-state index in [-0.39, 0.29) is 6.03 Å². The number of urea groups is 1. The summed E-state index contributed by atoms with van der Waals surface area (Å²) in [5.41, 5.74) is 1.90. The van der Waals surface area contributed by atoms with Crippen LogP contribution in [0, 0.1) is 0 Å². The van der Waals surface area contributed by atoms with Gasteiger partial charge in [0.25, 0.3) is 0 Å². The van der Waals surface area contributed by atoms with Crippen molar-refractivity contribution in [3.8, 4) is 0 Å². The number of anilines is 2. The van der Waals surface area contributed by atoms with Gasteiger partial charge in [-0.15, -0.1) is 0 Å². The van der Waals surface area contributed by atoms with Crippen LogP contribution in [0.15, 0.2) is 54.6 Å². The molecule has 3 rings (SSSR count). The average Bonchev–Trinajstić information content (AvgIpc) is 2.64. The number of nitrogens with zero attached hydrogens (tertiary/aromatic N) is 2. The predicted octanol–water partition coefficient (Wildman–Crippen LogP) is 3.28. The van der Waals surface area contributed by atoms with Gasteiger partial charge in [-0.2, -0.15) is 0 Å². The monoisotopic (exact) mass is 358 g/mol. The molecule has 0 saturated carbocycles. The number of carbonyl (C=O) groups is 1. The minimum Gasteiger partial charge on any atom is -0.368 e. The molecule has 2 aromatic rings. The third kappa shape index (κ3) is 5.11. The molecular weight excluding hydrogens is 336 g/mol. The molecule has 0 radical (unpaired) electrons. The summed E-state index contributed by atoms with van der Waals surface area (Å²) in [5, 5.41) is 6.53. The number of halogens is 1. The van der Waals surface area contributed by atoms with Crippen LogP contribution in [0.4, 0.5) is 16.2 Å². The number of piperazine rings is 1. The van der Waals surface area contributed by atoms with Gasteiger partial charge in [0.05, 0.1) is 10.7 Å². The summed E-state index contributed by atoms with van der Waals surface area (Å²) in [6.45, 7) is 5.30. The fourth-order valence-electron chi connectivity index (χ4n) is 2.94. The number of amides is 2. The highest BCUT2D eigenvalue weighted by Crippen LogP contribution is 2.25. The molecule has 25 heavy (non-hydrogen) atoms. The van der Waals surface area contributed by atoms with Crippen LogP contribution in [-0.2, 0) is 0 Å². The quantitative estimate of drug-likeness (QED) is 0.862. The van der Waals surface area contributed by atoms with Crippen molar-refractivity contribution < 1.29 is 4.79 Å². The van der Waals surface area contributed by atoms with E-state index >= 15 is 0 Å². The fraction of sp³-hybridized carbons (Fsp3) is 0.316. The summed E-state index contributed by atoms with van der Waals surface area (Å²) in [6.07, 6.45) is 0. The summed E-state index contributed by atoms with van der Waals surface area (Å²) >= 11 is 6.27. The number of para-hydroxylation sites is 2.